The van der Waals surface area contributed by atoms with E-state index in [9.17, 15) is 29.1 Å². The third-order valence-electron chi connectivity index (χ3n) is 4.48. The van der Waals surface area contributed by atoms with Crippen LogP contribution in [0.2, 0.25) is 0 Å². The molecule has 1 aromatic carbocycles. The first-order valence-electron chi connectivity index (χ1n) is 11.4. The molecule has 36 heavy (non-hydrogen) atoms. The van der Waals surface area contributed by atoms with Gasteiger partial charge in [0.2, 0.25) is 5.91 Å². The molecular weight excluding hydrogens is 485 g/mol. The van der Waals surface area contributed by atoms with Crippen molar-refractivity contribution in [1.82, 2.24) is 4.90 Å². The number of aliphatic carboxylic acids is 1. The van der Waals surface area contributed by atoms with Crippen LogP contribution in [-0.2, 0) is 19.1 Å². The molecule has 1 aliphatic rings. The van der Waals surface area contributed by atoms with Crippen LogP contribution < -0.4 is 34.7 Å². The minimum absolute atomic E-state index is 0. The maximum Gasteiger partial charge on any atom is 1.00 e. The Bertz CT molecular complexity index is 803. The van der Waals surface area contributed by atoms with Gasteiger partial charge in [0.25, 0.3) is 0 Å². The third-order valence-corrected chi connectivity index (χ3v) is 4.48. The Kier molecular flexibility index (Phi) is 20.5. The van der Waals surface area contributed by atoms with Gasteiger partial charge in [-0.3, -0.25) is 9.69 Å². The van der Waals surface area contributed by atoms with Crippen molar-refractivity contribution < 1.29 is 78.3 Å². The van der Waals surface area contributed by atoms with Crippen molar-refractivity contribution in [2.75, 3.05) is 19.8 Å². The quantitative estimate of drug-likeness (QED) is 0.234. The van der Waals surface area contributed by atoms with Gasteiger partial charge in [0.05, 0.1) is 24.3 Å². The van der Waals surface area contributed by atoms with Gasteiger partial charge >= 0.3 is 47.5 Å². The van der Waals surface area contributed by atoms with E-state index < -0.39 is 30.1 Å². The molecule has 1 unspecified atom stereocenters. The Labute approximate surface area is 233 Å². The molecule has 1 atom stereocenters. The number of imide groups is 1. The van der Waals surface area contributed by atoms with E-state index >= 15 is 0 Å². The first-order chi connectivity index (χ1) is 16.6. The van der Waals surface area contributed by atoms with Gasteiger partial charge < -0.3 is 29.6 Å². The SMILES string of the molecule is CC(O)C(=O)O.CCCCOC(=O)c1ccccc1C(=O)OCCCC.O=C([O-])N1CCCC1=O.[Na+]. The molecule has 0 aromatic heterocycles. The monoisotopic (exact) mass is 519 g/mol. The van der Waals surface area contributed by atoms with Crippen molar-refractivity contribution in [3.63, 3.8) is 0 Å². The first kappa shape index (κ1) is 35.7. The Balaban J connectivity index is 0. The summed E-state index contributed by atoms with van der Waals surface area (Å²) in [5, 5.41) is 25.8. The average Bonchev–Trinajstić information content (AvgIpc) is 3.26. The predicted octanol–water partition coefficient (Wildman–Crippen LogP) is -0.992. The van der Waals surface area contributed by atoms with E-state index in [0.29, 0.717) is 32.6 Å². The molecular formula is C24H34NNaO10. The van der Waals surface area contributed by atoms with Crippen LogP contribution in [0.25, 0.3) is 0 Å². The standard InChI is InChI=1S/C16H22O4.C5H7NO3.C3H6O3.Na/c1-3-5-11-19-15(17)13-9-7-8-10-14(13)16(18)20-12-6-4-2;7-4-2-1-3-6(4)5(8)9;1-2(4)3(5)6;/h7-10H,3-6,11-12H2,1-2H3;1-3H2,(H,8,9);2,4H,1H3,(H,5,6);/q;;;+1/p-1. The number of carbonyl (C=O) groups excluding carboxylic acids is 4. The Morgan fingerprint density at radius 1 is 1.00 bits per heavy atom. The molecule has 0 aliphatic carbocycles. The summed E-state index contributed by atoms with van der Waals surface area (Å²) in [4.78, 5) is 54.6. The van der Waals surface area contributed by atoms with Crippen LogP contribution in [0, 0.1) is 0 Å². The van der Waals surface area contributed by atoms with Crippen molar-refractivity contribution in [3.05, 3.63) is 35.4 Å². The zero-order chi connectivity index (χ0) is 26.8. The molecule has 11 nitrogen and oxygen atoms in total. The van der Waals surface area contributed by atoms with Crippen LogP contribution in [0.1, 0.15) is 80.0 Å². The number of amides is 2. The number of unbranched alkanes of at least 4 members (excludes halogenated alkanes) is 2. The minimum Gasteiger partial charge on any atom is -0.530 e. The fourth-order valence-corrected chi connectivity index (χ4v) is 2.45. The number of benzene rings is 1. The van der Waals surface area contributed by atoms with E-state index in [0.717, 1.165) is 30.6 Å². The predicted molar refractivity (Wildman–Crippen MR) is 122 cm³/mol. The summed E-state index contributed by atoms with van der Waals surface area (Å²) >= 11 is 0. The van der Waals surface area contributed by atoms with Crippen LogP contribution in [0.15, 0.2) is 24.3 Å². The fourth-order valence-electron chi connectivity index (χ4n) is 2.45. The number of nitrogens with zero attached hydrogens (tertiary/aromatic N) is 1. The second kappa shape index (κ2) is 20.7. The largest absolute Gasteiger partial charge is 1.00 e. The molecule has 0 radical (unpaired) electrons. The van der Waals surface area contributed by atoms with Crippen molar-refractivity contribution in [2.24, 2.45) is 0 Å². The Hall–Kier alpha value is -2.47. The summed E-state index contributed by atoms with van der Waals surface area (Å²) in [5.74, 6) is -2.46. The van der Waals surface area contributed by atoms with Gasteiger partial charge in [0.15, 0.2) is 0 Å². The third kappa shape index (κ3) is 14.8. The van der Waals surface area contributed by atoms with Crippen molar-refractivity contribution in [3.8, 4) is 0 Å². The summed E-state index contributed by atoms with van der Waals surface area (Å²) in [6.07, 6.45) is 1.90. The first-order valence-corrected chi connectivity index (χ1v) is 11.4. The number of carbonyl (C=O) groups is 5. The van der Waals surface area contributed by atoms with E-state index in [1.807, 2.05) is 13.8 Å². The van der Waals surface area contributed by atoms with Crippen molar-refractivity contribution >= 4 is 29.9 Å². The molecule has 196 valence electrons. The molecule has 1 aliphatic heterocycles. The number of esters is 2. The Morgan fingerprint density at radius 2 is 1.42 bits per heavy atom. The average molecular weight is 520 g/mol. The van der Waals surface area contributed by atoms with Crippen LogP contribution >= 0.6 is 0 Å². The van der Waals surface area contributed by atoms with Gasteiger partial charge in [-0.15, -0.1) is 0 Å². The summed E-state index contributed by atoms with van der Waals surface area (Å²) in [6, 6.07) is 6.59. The van der Waals surface area contributed by atoms with Gasteiger partial charge in [0, 0.05) is 13.0 Å². The summed E-state index contributed by atoms with van der Waals surface area (Å²) in [6.45, 7) is 6.28. The fraction of sp³-hybridized carbons (Fsp3) is 0.542. The molecule has 2 rings (SSSR count). The zero-order valence-electron chi connectivity index (χ0n) is 21.4. The summed E-state index contributed by atoms with van der Waals surface area (Å²) in [5.41, 5.74) is 0.537. The molecule has 2 amide bonds. The molecule has 1 heterocycles. The number of rotatable bonds is 9. The number of carboxylic acid groups (broad SMARTS) is 2. The van der Waals surface area contributed by atoms with Crippen LogP contribution in [0.3, 0.4) is 0 Å². The molecule has 1 aromatic rings. The zero-order valence-corrected chi connectivity index (χ0v) is 23.4. The summed E-state index contributed by atoms with van der Waals surface area (Å²) in [7, 11) is 0. The van der Waals surface area contributed by atoms with Gasteiger partial charge in [-0.25, -0.2) is 14.4 Å². The minimum atomic E-state index is -1.38. The molecule has 12 heteroatoms. The van der Waals surface area contributed by atoms with E-state index in [2.05, 4.69) is 0 Å². The van der Waals surface area contributed by atoms with E-state index in [1.165, 1.54) is 6.92 Å². The normalized spacial score (nSPS) is 12.6. The topological polar surface area (TPSA) is 171 Å². The van der Waals surface area contributed by atoms with Gasteiger partial charge in [-0.1, -0.05) is 38.8 Å². The number of ether oxygens (including phenoxy) is 2. The second-order valence-electron chi connectivity index (χ2n) is 7.45. The van der Waals surface area contributed by atoms with E-state index in [1.54, 1.807) is 24.3 Å². The number of aliphatic hydroxyl groups is 1. The van der Waals surface area contributed by atoms with Gasteiger partial charge in [0.1, 0.15) is 12.2 Å². The number of hydrogen-bond donors (Lipinski definition) is 2. The van der Waals surface area contributed by atoms with E-state index in [4.69, 9.17) is 19.7 Å². The molecule has 0 spiro atoms. The number of likely N-dealkylation sites (tertiary alicyclic amines) is 1. The molecule has 1 saturated heterocycles. The van der Waals surface area contributed by atoms with Crippen LogP contribution in [0.5, 0.6) is 0 Å². The number of aliphatic hydroxyl groups excluding tert-OH is 1. The number of hydrogen-bond acceptors (Lipinski definition) is 9. The van der Waals surface area contributed by atoms with Crippen molar-refractivity contribution in [1.29, 1.82) is 0 Å². The van der Waals surface area contributed by atoms with Gasteiger partial charge in [-0.05, 0) is 38.3 Å². The Morgan fingerprint density at radius 3 is 1.67 bits per heavy atom. The van der Waals surface area contributed by atoms with Crippen LogP contribution in [0.4, 0.5) is 4.79 Å². The van der Waals surface area contributed by atoms with Crippen LogP contribution in [-0.4, -0.2) is 70.9 Å². The van der Waals surface area contributed by atoms with Crippen molar-refractivity contribution in [2.45, 2.75) is 65.4 Å². The maximum atomic E-state index is 11.9. The molecule has 2 N–H and O–H groups in total. The number of carboxylic acids is 1. The second-order valence-corrected chi connectivity index (χ2v) is 7.45. The van der Waals surface area contributed by atoms with E-state index in [-0.39, 0.29) is 46.6 Å². The van der Waals surface area contributed by atoms with Gasteiger partial charge in [-0.2, -0.15) is 0 Å². The maximum absolute atomic E-state index is 11.9. The smallest absolute Gasteiger partial charge is 0.530 e. The summed E-state index contributed by atoms with van der Waals surface area (Å²) < 4.78 is 10.3. The molecule has 1 fully saturated rings. The molecule has 0 saturated carbocycles. The molecule has 0 bridgehead atoms.